The minimum atomic E-state index is -0.825. The molecule has 0 radical (unpaired) electrons. The van der Waals surface area contributed by atoms with Gasteiger partial charge in [-0.2, -0.15) is 0 Å². The van der Waals surface area contributed by atoms with Crippen LogP contribution in [0.1, 0.15) is 18.1 Å². The minimum Gasteiger partial charge on any atom is -0.467 e. The lowest BCUT2D eigenvalue weighted by molar-refractivity contribution is -0.145. The van der Waals surface area contributed by atoms with E-state index in [0.717, 1.165) is 33.5 Å². The molecule has 1 heterocycles. The lowest BCUT2D eigenvalue weighted by Crippen LogP contribution is -2.46. The van der Waals surface area contributed by atoms with E-state index in [1.165, 1.54) is 14.0 Å². The Morgan fingerprint density at radius 3 is 2.33 bits per heavy atom. The highest BCUT2D eigenvalue weighted by Crippen LogP contribution is 2.22. The Balaban J connectivity index is 1.71. The van der Waals surface area contributed by atoms with Crippen LogP contribution in [0.5, 0.6) is 0 Å². The van der Waals surface area contributed by atoms with Crippen molar-refractivity contribution in [1.29, 1.82) is 0 Å². The number of esters is 1. The van der Waals surface area contributed by atoms with Crippen LogP contribution in [0, 0.1) is 5.92 Å². The van der Waals surface area contributed by atoms with Gasteiger partial charge in [-0.3, -0.25) is 9.59 Å². The molecular formula is C25H26N2O4S2. The molecule has 8 heteroatoms. The van der Waals surface area contributed by atoms with Gasteiger partial charge < -0.3 is 10.1 Å². The molecule has 3 rings (SSSR count). The summed E-state index contributed by atoms with van der Waals surface area (Å²) in [4.78, 5) is 41.4. The summed E-state index contributed by atoms with van der Waals surface area (Å²) >= 11 is 2.67. The van der Waals surface area contributed by atoms with Gasteiger partial charge in [0.15, 0.2) is 5.12 Å². The van der Waals surface area contributed by atoms with E-state index in [1.54, 1.807) is 17.5 Å². The first-order valence-electron chi connectivity index (χ1n) is 10.5. The maximum Gasteiger partial charge on any atom is 0.328 e. The summed E-state index contributed by atoms with van der Waals surface area (Å²) in [5, 5.41) is 5.65. The Morgan fingerprint density at radius 1 is 1.03 bits per heavy atom. The SMILES string of the molecule is COC(=O)C(Cc1ccc(-c2nccs2)cc1)NC(=O)[C@@H](CSC(C)=O)Cc1ccccc1. The van der Waals surface area contributed by atoms with E-state index >= 15 is 0 Å². The maximum atomic E-state index is 13.1. The number of thiazole rings is 1. The topological polar surface area (TPSA) is 85.4 Å². The average Bonchev–Trinajstić information content (AvgIpc) is 3.36. The number of rotatable bonds is 10. The molecule has 3 aromatic rings. The number of hydrogen-bond acceptors (Lipinski definition) is 7. The van der Waals surface area contributed by atoms with E-state index in [1.807, 2.05) is 60.0 Å². The van der Waals surface area contributed by atoms with Crippen molar-refractivity contribution in [3.8, 4) is 10.6 Å². The Bertz CT molecular complexity index is 1050. The van der Waals surface area contributed by atoms with E-state index in [-0.39, 0.29) is 11.0 Å². The van der Waals surface area contributed by atoms with Gasteiger partial charge in [0, 0.05) is 36.2 Å². The molecule has 1 amide bonds. The fourth-order valence-electron chi connectivity index (χ4n) is 3.35. The molecule has 0 aliphatic carbocycles. The van der Waals surface area contributed by atoms with Crippen LogP contribution in [0.3, 0.4) is 0 Å². The third-order valence-electron chi connectivity index (χ3n) is 5.06. The molecular weight excluding hydrogens is 456 g/mol. The molecule has 2 aromatic carbocycles. The molecule has 33 heavy (non-hydrogen) atoms. The van der Waals surface area contributed by atoms with Crippen LogP contribution in [0.15, 0.2) is 66.2 Å². The van der Waals surface area contributed by atoms with Crippen molar-refractivity contribution in [2.45, 2.75) is 25.8 Å². The number of aromatic nitrogens is 1. The van der Waals surface area contributed by atoms with E-state index in [0.29, 0.717) is 18.6 Å². The standard InChI is InChI=1S/C25H26N2O4S2/c1-17(28)33-16-21(14-18-6-4-3-5-7-18)23(29)27-22(25(30)31-2)15-19-8-10-20(11-9-19)24-26-12-13-32-24/h3-13,21-22H,14-16H2,1-2H3,(H,27,29)/t21-,22?/m1/s1. The minimum absolute atomic E-state index is 0.0503. The van der Waals surface area contributed by atoms with E-state index < -0.39 is 17.9 Å². The van der Waals surface area contributed by atoms with E-state index in [4.69, 9.17) is 4.74 Å². The van der Waals surface area contributed by atoms with Crippen LogP contribution >= 0.6 is 23.1 Å². The smallest absolute Gasteiger partial charge is 0.328 e. The third kappa shape index (κ3) is 7.54. The first-order chi connectivity index (χ1) is 16.0. The van der Waals surface area contributed by atoms with Crippen molar-refractivity contribution >= 4 is 40.1 Å². The second-order valence-electron chi connectivity index (χ2n) is 7.51. The van der Waals surface area contributed by atoms with Gasteiger partial charge in [-0.15, -0.1) is 11.3 Å². The van der Waals surface area contributed by atoms with Gasteiger partial charge in [0.1, 0.15) is 11.0 Å². The Kier molecular flexibility index (Phi) is 9.21. The highest BCUT2D eigenvalue weighted by atomic mass is 32.2. The van der Waals surface area contributed by atoms with E-state index in [2.05, 4.69) is 10.3 Å². The number of thioether (sulfide) groups is 1. The second kappa shape index (κ2) is 12.3. The summed E-state index contributed by atoms with van der Waals surface area (Å²) in [6.45, 7) is 1.48. The molecule has 2 atom stereocenters. The van der Waals surface area contributed by atoms with Crippen molar-refractivity contribution in [2.75, 3.05) is 12.9 Å². The molecule has 172 valence electrons. The molecule has 1 aromatic heterocycles. The number of nitrogens with zero attached hydrogens (tertiary/aromatic N) is 1. The number of amides is 1. The lowest BCUT2D eigenvalue weighted by atomic mass is 9.98. The molecule has 0 fully saturated rings. The fraction of sp³-hybridized carbons (Fsp3) is 0.280. The number of methoxy groups -OCH3 is 1. The Morgan fingerprint density at radius 2 is 1.73 bits per heavy atom. The van der Waals surface area contributed by atoms with Crippen molar-refractivity contribution < 1.29 is 19.1 Å². The molecule has 0 saturated carbocycles. The van der Waals surface area contributed by atoms with Gasteiger partial charge >= 0.3 is 5.97 Å². The first-order valence-corrected chi connectivity index (χ1v) is 12.4. The van der Waals surface area contributed by atoms with Gasteiger partial charge in [-0.05, 0) is 17.5 Å². The Hall–Kier alpha value is -2.97. The molecule has 0 aliphatic rings. The van der Waals surface area contributed by atoms with Crippen molar-refractivity contribution in [2.24, 2.45) is 5.92 Å². The lowest BCUT2D eigenvalue weighted by Gasteiger charge is -2.21. The third-order valence-corrected chi connectivity index (χ3v) is 6.86. The first kappa shape index (κ1) is 24.7. The molecule has 0 saturated heterocycles. The van der Waals surface area contributed by atoms with Crippen LogP contribution < -0.4 is 5.32 Å². The van der Waals surface area contributed by atoms with Crippen LogP contribution in [0.4, 0.5) is 0 Å². The zero-order valence-corrected chi connectivity index (χ0v) is 20.2. The van der Waals surface area contributed by atoms with Crippen LogP contribution in [0.25, 0.3) is 10.6 Å². The Labute approximate surface area is 201 Å². The predicted molar refractivity (Wildman–Crippen MR) is 132 cm³/mol. The van der Waals surface area contributed by atoms with E-state index in [9.17, 15) is 14.4 Å². The maximum absolute atomic E-state index is 13.1. The van der Waals surface area contributed by atoms with Crippen molar-refractivity contribution in [3.63, 3.8) is 0 Å². The summed E-state index contributed by atoms with van der Waals surface area (Å²) in [5.74, 6) is -0.903. The summed E-state index contributed by atoms with van der Waals surface area (Å²) < 4.78 is 4.94. The largest absolute Gasteiger partial charge is 0.467 e. The zero-order chi connectivity index (χ0) is 23.6. The summed E-state index contributed by atoms with van der Waals surface area (Å²) in [6, 6.07) is 16.5. The van der Waals surface area contributed by atoms with Crippen LogP contribution in [0.2, 0.25) is 0 Å². The van der Waals surface area contributed by atoms with Crippen molar-refractivity contribution in [3.05, 3.63) is 77.3 Å². The van der Waals surface area contributed by atoms with Gasteiger partial charge in [-0.25, -0.2) is 9.78 Å². The highest BCUT2D eigenvalue weighted by molar-refractivity contribution is 8.13. The fourth-order valence-corrected chi connectivity index (χ4v) is 4.70. The predicted octanol–water partition coefficient (Wildman–Crippen LogP) is 4.15. The monoisotopic (exact) mass is 482 g/mol. The number of hydrogen-bond donors (Lipinski definition) is 1. The number of carbonyl (C=O) groups is 3. The molecule has 0 aliphatic heterocycles. The quantitative estimate of drug-likeness (QED) is 0.437. The number of ether oxygens (including phenoxy) is 1. The van der Waals surface area contributed by atoms with Gasteiger partial charge in [-0.1, -0.05) is 66.4 Å². The van der Waals surface area contributed by atoms with Gasteiger partial charge in [0.25, 0.3) is 0 Å². The molecule has 0 bridgehead atoms. The number of carbonyl (C=O) groups excluding carboxylic acids is 3. The summed E-state index contributed by atoms with van der Waals surface area (Å²) in [5.41, 5.74) is 2.88. The average molecular weight is 483 g/mol. The van der Waals surface area contributed by atoms with Gasteiger partial charge in [0.05, 0.1) is 13.0 Å². The molecule has 0 spiro atoms. The number of benzene rings is 2. The van der Waals surface area contributed by atoms with Gasteiger partial charge in [0.2, 0.25) is 5.91 Å². The van der Waals surface area contributed by atoms with Crippen molar-refractivity contribution in [1.82, 2.24) is 10.3 Å². The zero-order valence-electron chi connectivity index (χ0n) is 18.5. The molecule has 1 unspecified atom stereocenters. The van der Waals surface area contributed by atoms with Crippen LogP contribution in [-0.2, 0) is 32.0 Å². The summed E-state index contributed by atoms with van der Waals surface area (Å²) in [6.07, 6.45) is 2.53. The molecule has 1 N–H and O–H groups in total. The number of nitrogens with one attached hydrogen (secondary N) is 1. The highest BCUT2D eigenvalue weighted by Gasteiger charge is 2.27. The second-order valence-corrected chi connectivity index (χ2v) is 9.60. The normalized spacial score (nSPS) is 12.5. The molecule has 6 nitrogen and oxygen atoms in total. The van der Waals surface area contributed by atoms with Crippen LogP contribution in [-0.4, -0.2) is 40.9 Å². The summed E-state index contributed by atoms with van der Waals surface area (Å²) in [7, 11) is 1.31.